The number of halogens is 4. The Balaban J connectivity index is 2.15. The molecule has 0 aliphatic carbocycles. The molecule has 0 radical (unpaired) electrons. The highest BCUT2D eigenvalue weighted by molar-refractivity contribution is 9.10. The third-order valence-electron chi connectivity index (χ3n) is 2.49. The molecule has 0 saturated heterocycles. The molecule has 0 aliphatic rings. The molecule has 0 saturated carbocycles. The number of hydrogen-bond acceptors (Lipinski definition) is 2. The number of Topliss-reactive ketones (excluding diaryl/α,β-unsaturated/α-hetero) is 1. The molecule has 0 bridgehead atoms. The Morgan fingerprint density at radius 1 is 1.10 bits per heavy atom. The average molecular weight is 345 g/mol. The molecule has 104 valence electrons. The summed E-state index contributed by atoms with van der Waals surface area (Å²) in [7, 11) is 0. The third kappa shape index (κ3) is 3.19. The lowest BCUT2D eigenvalue weighted by molar-refractivity contribution is 0.0912. The van der Waals surface area contributed by atoms with Gasteiger partial charge in [-0.2, -0.15) is 0 Å². The highest BCUT2D eigenvalue weighted by Gasteiger charge is 2.18. The number of rotatable bonds is 4. The Kier molecular flexibility index (Phi) is 4.44. The van der Waals surface area contributed by atoms with E-state index in [1.54, 1.807) is 0 Å². The van der Waals surface area contributed by atoms with Crippen LogP contribution in [-0.4, -0.2) is 12.4 Å². The van der Waals surface area contributed by atoms with Crippen LogP contribution in [-0.2, 0) is 0 Å². The maximum atomic E-state index is 13.4. The van der Waals surface area contributed by atoms with Crippen molar-refractivity contribution in [3.63, 3.8) is 0 Å². The van der Waals surface area contributed by atoms with E-state index in [1.807, 2.05) is 0 Å². The number of ketones is 1. The molecule has 0 atom stereocenters. The van der Waals surface area contributed by atoms with Gasteiger partial charge in [0.25, 0.3) is 0 Å². The standard InChI is InChI=1S/C14H8BrF3O2/c15-9-5-4-8(16)6-13(9)20-7-12(19)14-10(17)2-1-3-11(14)18/h1-6H,7H2. The molecule has 2 rings (SSSR count). The summed E-state index contributed by atoms with van der Waals surface area (Å²) in [6, 6.07) is 6.79. The number of hydrogen-bond donors (Lipinski definition) is 0. The lowest BCUT2D eigenvalue weighted by Crippen LogP contribution is -2.15. The van der Waals surface area contributed by atoms with Crippen LogP contribution in [0.1, 0.15) is 10.4 Å². The van der Waals surface area contributed by atoms with Gasteiger partial charge in [-0.05, 0) is 40.2 Å². The minimum Gasteiger partial charge on any atom is -0.484 e. The van der Waals surface area contributed by atoms with Crippen molar-refractivity contribution in [1.82, 2.24) is 0 Å². The topological polar surface area (TPSA) is 26.3 Å². The molecular weight excluding hydrogens is 337 g/mol. The molecule has 2 aromatic carbocycles. The van der Waals surface area contributed by atoms with Gasteiger partial charge in [0.15, 0.2) is 6.61 Å². The van der Waals surface area contributed by atoms with Gasteiger partial charge in [0, 0.05) is 6.07 Å². The smallest absolute Gasteiger partial charge is 0.206 e. The molecule has 20 heavy (non-hydrogen) atoms. The second-order valence-electron chi connectivity index (χ2n) is 3.88. The van der Waals surface area contributed by atoms with Crippen molar-refractivity contribution in [2.45, 2.75) is 0 Å². The first-order chi connectivity index (χ1) is 9.49. The predicted molar refractivity (Wildman–Crippen MR) is 70.3 cm³/mol. The molecule has 0 heterocycles. The molecular formula is C14H8BrF3O2. The van der Waals surface area contributed by atoms with Gasteiger partial charge in [0.05, 0.1) is 10.0 Å². The molecule has 0 N–H and O–H groups in total. The van der Waals surface area contributed by atoms with Crippen molar-refractivity contribution in [3.05, 3.63) is 63.9 Å². The van der Waals surface area contributed by atoms with E-state index in [4.69, 9.17) is 4.74 Å². The van der Waals surface area contributed by atoms with Gasteiger partial charge in [0.1, 0.15) is 23.2 Å². The summed E-state index contributed by atoms with van der Waals surface area (Å²) in [4.78, 5) is 11.7. The van der Waals surface area contributed by atoms with E-state index in [9.17, 15) is 18.0 Å². The Bertz CT molecular complexity index is 639. The summed E-state index contributed by atoms with van der Waals surface area (Å²) in [6.07, 6.45) is 0. The molecule has 0 unspecified atom stereocenters. The van der Waals surface area contributed by atoms with E-state index in [-0.39, 0.29) is 5.75 Å². The molecule has 2 nitrogen and oxygen atoms in total. The van der Waals surface area contributed by atoms with E-state index >= 15 is 0 Å². The SMILES string of the molecule is O=C(COc1cc(F)ccc1Br)c1c(F)cccc1F. The molecule has 2 aromatic rings. The Morgan fingerprint density at radius 3 is 2.40 bits per heavy atom. The van der Waals surface area contributed by atoms with E-state index < -0.39 is 35.4 Å². The van der Waals surface area contributed by atoms with Gasteiger partial charge in [-0.1, -0.05) is 6.07 Å². The zero-order chi connectivity index (χ0) is 14.7. The van der Waals surface area contributed by atoms with Gasteiger partial charge in [0.2, 0.25) is 5.78 Å². The van der Waals surface area contributed by atoms with Crippen molar-refractivity contribution >= 4 is 21.7 Å². The first-order valence-electron chi connectivity index (χ1n) is 5.54. The van der Waals surface area contributed by atoms with Crippen molar-refractivity contribution in [1.29, 1.82) is 0 Å². The van der Waals surface area contributed by atoms with Gasteiger partial charge in [-0.3, -0.25) is 4.79 Å². The van der Waals surface area contributed by atoms with Gasteiger partial charge in [-0.15, -0.1) is 0 Å². The van der Waals surface area contributed by atoms with Crippen LogP contribution in [0, 0.1) is 17.5 Å². The van der Waals surface area contributed by atoms with E-state index in [0.29, 0.717) is 4.47 Å². The summed E-state index contributed by atoms with van der Waals surface area (Å²) in [5, 5.41) is 0. The fraction of sp³-hybridized carbons (Fsp3) is 0.0714. The summed E-state index contributed by atoms with van der Waals surface area (Å²) in [6.45, 7) is -0.597. The second kappa shape index (κ2) is 6.09. The van der Waals surface area contributed by atoms with Gasteiger partial charge < -0.3 is 4.74 Å². The fourth-order valence-corrected chi connectivity index (χ4v) is 1.93. The number of ether oxygens (including phenoxy) is 1. The van der Waals surface area contributed by atoms with Crippen LogP contribution in [0.2, 0.25) is 0 Å². The minimum atomic E-state index is -0.961. The quantitative estimate of drug-likeness (QED) is 0.779. The van der Waals surface area contributed by atoms with E-state index in [0.717, 1.165) is 24.3 Å². The van der Waals surface area contributed by atoms with Crippen molar-refractivity contribution in [2.24, 2.45) is 0 Å². The predicted octanol–water partition coefficient (Wildman–Crippen LogP) is 4.13. The van der Waals surface area contributed by atoms with Crippen LogP contribution in [0.4, 0.5) is 13.2 Å². The number of carbonyl (C=O) groups excluding carboxylic acids is 1. The summed E-state index contributed by atoms with van der Waals surface area (Å²) < 4.78 is 45.3. The van der Waals surface area contributed by atoms with E-state index in [2.05, 4.69) is 15.9 Å². The van der Waals surface area contributed by atoms with Crippen LogP contribution >= 0.6 is 15.9 Å². The summed E-state index contributed by atoms with van der Waals surface area (Å²) in [5.74, 6) is -3.26. The normalized spacial score (nSPS) is 10.4. The lowest BCUT2D eigenvalue weighted by Gasteiger charge is -2.08. The van der Waals surface area contributed by atoms with Gasteiger partial charge >= 0.3 is 0 Å². The lowest BCUT2D eigenvalue weighted by atomic mass is 10.1. The number of carbonyl (C=O) groups is 1. The van der Waals surface area contributed by atoms with Crippen molar-refractivity contribution < 1.29 is 22.7 Å². The van der Waals surface area contributed by atoms with Crippen molar-refractivity contribution in [2.75, 3.05) is 6.61 Å². The Morgan fingerprint density at radius 2 is 1.75 bits per heavy atom. The van der Waals surface area contributed by atoms with Crippen LogP contribution in [0.5, 0.6) is 5.75 Å². The fourth-order valence-electron chi connectivity index (χ4n) is 1.57. The molecule has 0 spiro atoms. The monoisotopic (exact) mass is 344 g/mol. The van der Waals surface area contributed by atoms with Crippen LogP contribution in [0.15, 0.2) is 40.9 Å². The van der Waals surface area contributed by atoms with Crippen LogP contribution < -0.4 is 4.74 Å². The maximum absolute atomic E-state index is 13.4. The highest BCUT2D eigenvalue weighted by atomic mass is 79.9. The Labute approximate surface area is 121 Å². The van der Waals surface area contributed by atoms with Crippen LogP contribution in [0.25, 0.3) is 0 Å². The zero-order valence-electron chi connectivity index (χ0n) is 10.00. The molecule has 6 heteroatoms. The molecule has 0 amide bonds. The minimum absolute atomic E-state index is 0.0788. The summed E-state index contributed by atoms with van der Waals surface area (Å²) >= 11 is 3.11. The molecule has 0 aliphatic heterocycles. The second-order valence-corrected chi connectivity index (χ2v) is 4.74. The maximum Gasteiger partial charge on any atom is 0.206 e. The van der Waals surface area contributed by atoms with Gasteiger partial charge in [-0.25, -0.2) is 13.2 Å². The van der Waals surface area contributed by atoms with Crippen molar-refractivity contribution in [3.8, 4) is 5.75 Å². The average Bonchev–Trinajstić information content (AvgIpc) is 2.39. The third-order valence-corrected chi connectivity index (χ3v) is 3.15. The highest BCUT2D eigenvalue weighted by Crippen LogP contribution is 2.25. The zero-order valence-corrected chi connectivity index (χ0v) is 11.6. The first kappa shape index (κ1) is 14.6. The Hall–Kier alpha value is -1.82. The summed E-state index contributed by atoms with van der Waals surface area (Å²) in [5.41, 5.74) is -0.667. The molecule has 0 fully saturated rings. The van der Waals surface area contributed by atoms with Crippen LogP contribution in [0.3, 0.4) is 0 Å². The largest absolute Gasteiger partial charge is 0.484 e. The van der Waals surface area contributed by atoms with E-state index in [1.165, 1.54) is 12.1 Å². The molecule has 0 aromatic heterocycles. The first-order valence-corrected chi connectivity index (χ1v) is 6.33. The number of benzene rings is 2.